The summed E-state index contributed by atoms with van der Waals surface area (Å²) in [7, 11) is 0. The summed E-state index contributed by atoms with van der Waals surface area (Å²) in [6.07, 6.45) is 0. The molecule has 2 rings (SSSR count). The lowest BCUT2D eigenvalue weighted by molar-refractivity contribution is -0.143. The van der Waals surface area contributed by atoms with E-state index < -0.39 is 17.9 Å². The van der Waals surface area contributed by atoms with Gasteiger partial charge in [-0.25, -0.2) is 4.79 Å². The second-order valence-corrected chi connectivity index (χ2v) is 5.43. The Morgan fingerprint density at radius 1 is 1.14 bits per heavy atom. The fraction of sp³-hybridized carbons (Fsp3) is 0.294. The van der Waals surface area contributed by atoms with E-state index >= 15 is 0 Å². The van der Waals surface area contributed by atoms with E-state index in [1.54, 1.807) is 19.9 Å². The lowest BCUT2D eigenvalue weighted by Crippen LogP contribution is -2.46. The number of carboxylic acid groups (broad SMARTS) is 1. The molecule has 0 saturated carbocycles. The number of nitrogens with one attached hydrogen (secondary N) is 1. The van der Waals surface area contributed by atoms with Gasteiger partial charge in [0.1, 0.15) is 11.8 Å². The van der Waals surface area contributed by atoms with Gasteiger partial charge in [-0.2, -0.15) is 0 Å². The molecule has 0 aliphatic rings. The van der Waals surface area contributed by atoms with E-state index in [2.05, 4.69) is 5.32 Å². The average molecular weight is 301 g/mol. The smallest absolute Gasteiger partial charge is 0.326 e. The molecule has 2 aromatic carbocycles. The van der Waals surface area contributed by atoms with Crippen molar-refractivity contribution in [2.75, 3.05) is 6.61 Å². The molecular weight excluding hydrogens is 282 g/mol. The molecule has 22 heavy (non-hydrogen) atoms. The minimum absolute atomic E-state index is 0.192. The Balaban J connectivity index is 1.96. The molecule has 5 heteroatoms. The molecule has 0 aliphatic heterocycles. The zero-order chi connectivity index (χ0) is 16.1. The van der Waals surface area contributed by atoms with E-state index in [-0.39, 0.29) is 12.5 Å². The number of rotatable bonds is 6. The third-order valence-electron chi connectivity index (χ3n) is 3.34. The molecule has 0 aliphatic carbocycles. The maximum absolute atomic E-state index is 11.8. The minimum Gasteiger partial charge on any atom is -0.484 e. The summed E-state index contributed by atoms with van der Waals surface area (Å²) in [6, 6.07) is 12.5. The van der Waals surface area contributed by atoms with Crippen LogP contribution in [0.15, 0.2) is 42.5 Å². The van der Waals surface area contributed by atoms with Crippen LogP contribution in [0.1, 0.15) is 13.8 Å². The maximum Gasteiger partial charge on any atom is 0.326 e. The third kappa shape index (κ3) is 3.97. The number of aliphatic carboxylic acids is 1. The number of fused-ring (bicyclic) bond motifs is 1. The number of carbonyl (C=O) groups is 2. The van der Waals surface area contributed by atoms with E-state index in [0.29, 0.717) is 5.75 Å². The average Bonchev–Trinajstić information content (AvgIpc) is 2.49. The largest absolute Gasteiger partial charge is 0.484 e. The molecule has 0 bridgehead atoms. The molecule has 1 atom stereocenters. The van der Waals surface area contributed by atoms with Gasteiger partial charge in [-0.1, -0.05) is 44.2 Å². The highest BCUT2D eigenvalue weighted by atomic mass is 16.5. The van der Waals surface area contributed by atoms with E-state index in [1.807, 2.05) is 36.4 Å². The van der Waals surface area contributed by atoms with Gasteiger partial charge in [0.15, 0.2) is 6.61 Å². The number of carbonyl (C=O) groups excluding carboxylic acids is 1. The predicted octanol–water partition coefficient (Wildman–Crippen LogP) is 2.44. The van der Waals surface area contributed by atoms with Crippen LogP contribution in [-0.2, 0) is 9.59 Å². The van der Waals surface area contributed by atoms with Crippen LogP contribution in [0.3, 0.4) is 0 Å². The highest BCUT2D eigenvalue weighted by Crippen LogP contribution is 2.20. The monoisotopic (exact) mass is 301 g/mol. The SMILES string of the molecule is CC(C)[C@H](NC(=O)COc1ccc2ccccc2c1)C(=O)O. The van der Waals surface area contributed by atoms with Gasteiger partial charge in [-0.15, -0.1) is 0 Å². The first-order valence-corrected chi connectivity index (χ1v) is 7.11. The molecule has 5 nitrogen and oxygen atoms in total. The summed E-state index contributed by atoms with van der Waals surface area (Å²) < 4.78 is 5.43. The van der Waals surface area contributed by atoms with Crippen LogP contribution in [-0.4, -0.2) is 29.6 Å². The van der Waals surface area contributed by atoms with Crippen LogP contribution in [0.2, 0.25) is 0 Å². The van der Waals surface area contributed by atoms with Crippen molar-refractivity contribution in [3.05, 3.63) is 42.5 Å². The van der Waals surface area contributed by atoms with Crippen molar-refractivity contribution in [2.24, 2.45) is 5.92 Å². The summed E-state index contributed by atoms with van der Waals surface area (Å²) in [5, 5.41) is 13.6. The summed E-state index contributed by atoms with van der Waals surface area (Å²) >= 11 is 0. The Labute approximate surface area is 128 Å². The molecule has 1 amide bonds. The van der Waals surface area contributed by atoms with Crippen LogP contribution >= 0.6 is 0 Å². The lowest BCUT2D eigenvalue weighted by atomic mass is 10.1. The fourth-order valence-electron chi connectivity index (χ4n) is 2.13. The Kier molecular flexibility index (Phi) is 4.99. The molecule has 2 N–H and O–H groups in total. The first kappa shape index (κ1) is 15.8. The van der Waals surface area contributed by atoms with E-state index in [1.165, 1.54) is 0 Å². The number of amides is 1. The molecule has 116 valence electrons. The van der Waals surface area contributed by atoms with Crippen LogP contribution < -0.4 is 10.1 Å². The van der Waals surface area contributed by atoms with Gasteiger partial charge in [0, 0.05) is 0 Å². The molecule has 0 unspecified atom stereocenters. The second kappa shape index (κ2) is 6.93. The first-order valence-electron chi connectivity index (χ1n) is 7.11. The molecule has 0 heterocycles. The number of hydrogen-bond acceptors (Lipinski definition) is 3. The van der Waals surface area contributed by atoms with Gasteiger partial charge in [-0.3, -0.25) is 4.79 Å². The Hall–Kier alpha value is -2.56. The van der Waals surface area contributed by atoms with Crippen molar-refractivity contribution < 1.29 is 19.4 Å². The fourth-order valence-corrected chi connectivity index (χ4v) is 2.13. The summed E-state index contributed by atoms with van der Waals surface area (Å²) in [6.45, 7) is 3.27. The van der Waals surface area contributed by atoms with Crippen LogP contribution in [0.4, 0.5) is 0 Å². The van der Waals surface area contributed by atoms with Crippen molar-refractivity contribution in [3.8, 4) is 5.75 Å². The van der Waals surface area contributed by atoms with Crippen molar-refractivity contribution in [2.45, 2.75) is 19.9 Å². The van der Waals surface area contributed by atoms with Crippen LogP contribution in [0.5, 0.6) is 5.75 Å². The van der Waals surface area contributed by atoms with E-state index in [0.717, 1.165) is 10.8 Å². The van der Waals surface area contributed by atoms with Gasteiger partial charge >= 0.3 is 5.97 Å². The van der Waals surface area contributed by atoms with Crippen molar-refractivity contribution in [1.82, 2.24) is 5.32 Å². The molecule has 0 fully saturated rings. The molecule has 0 saturated heterocycles. The van der Waals surface area contributed by atoms with Crippen molar-refractivity contribution in [1.29, 1.82) is 0 Å². The molecule has 0 aromatic heterocycles. The molecule has 2 aromatic rings. The van der Waals surface area contributed by atoms with Gasteiger partial charge in [0.25, 0.3) is 5.91 Å². The van der Waals surface area contributed by atoms with Gasteiger partial charge in [0.05, 0.1) is 0 Å². The van der Waals surface area contributed by atoms with E-state index in [9.17, 15) is 9.59 Å². The summed E-state index contributed by atoms with van der Waals surface area (Å²) in [5.74, 6) is -1.12. The van der Waals surface area contributed by atoms with Crippen molar-refractivity contribution >= 4 is 22.6 Å². The normalized spacial score (nSPS) is 12.1. The molecule has 0 radical (unpaired) electrons. The molecular formula is C17H19NO4. The number of carboxylic acids is 1. The Morgan fingerprint density at radius 2 is 1.82 bits per heavy atom. The Bertz CT molecular complexity index is 681. The first-order chi connectivity index (χ1) is 10.5. The summed E-state index contributed by atoms with van der Waals surface area (Å²) in [4.78, 5) is 22.8. The highest BCUT2D eigenvalue weighted by Gasteiger charge is 2.23. The van der Waals surface area contributed by atoms with E-state index in [4.69, 9.17) is 9.84 Å². The quantitative estimate of drug-likeness (QED) is 0.859. The topological polar surface area (TPSA) is 75.6 Å². The van der Waals surface area contributed by atoms with Crippen LogP contribution in [0, 0.1) is 5.92 Å². The standard InChI is InChI=1S/C17H19NO4/c1-11(2)16(17(20)21)18-15(19)10-22-14-8-7-12-5-3-4-6-13(12)9-14/h3-9,11,16H,10H2,1-2H3,(H,18,19)(H,20,21)/t16-/m0/s1. The minimum atomic E-state index is -1.05. The summed E-state index contributed by atoms with van der Waals surface area (Å²) in [5.41, 5.74) is 0. The van der Waals surface area contributed by atoms with Gasteiger partial charge in [-0.05, 0) is 28.8 Å². The molecule has 0 spiro atoms. The second-order valence-electron chi connectivity index (χ2n) is 5.43. The number of hydrogen-bond donors (Lipinski definition) is 2. The predicted molar refractivity (Wildman–Crippen MR) is 83.8 cm³/mol. The Morgan fingerprint density at radius 3 is 2.45 bits per heavy atom. The number of ether oxygens (including phenoxy) is 1. The van der Waals surface area contributed by atoms with Gasteiger partial charge < -0.3 is 15.2 Å². The third-order valence-corrected chi connectivity index (χ3v) is 3.34. The lowest BCUT2D eigenvalue weighted by Gasteiger charge is -2.18. The van der Waals surface area contributed by atoms with Gasteiger partial charge in [0.2, 0.25) is 0 Å². The highest BCUT2D eigenvalue weighted by molar-refractivity contribution is 5.85. The van der Waals surface area contributed by atoms with Crippen LogP contribution in [0.25, 0.3) is 10.8 Å². The van der Waals surface area contributed by atoms with Crippen molar-refractivity contribution in [3.63, 3.8) is 0 Å². The zero-order valence-electron chi connectivity index (χ0n) is 12.6. The number of benzene rings is 2. The zero-order valence-corrected chi connectivity index (χ0v) is 12.6. The maximum atomic E-state index is 11.8.